The highest BCUT2D eigenvalue weighted by Crippen LogP contribution is 1.90. The third kappa shape index (κ3) is 5.74. The van der Waals surface area contributed by atoms with Crippen LogP contribution in [0.5, 0.6) is 0 Å². The molecule has 0 radical (unpaired) electrons. The zero-order chi connectivity index (χ0) is 13.4. The molecule has 2 N–H and O–H groups in total. The largest absolute Gasteiger partial charge is 0.353 e. The van der Waals surface area contributed by atoms with Gasteiger partial charge in [0.15, 0.2) is 0 Å². The molecule has 0 aliphatic rings. The Morgan fingerprint density at radius 3 is 2.61 bits per heavy atom. The van der Waals surface area contributed by atoms with Crippen molar-refractivity contribution in [1.29, 1.82) is 0 Å². The van der Waals surface area contributed by atoms with Crippen LogP contribution in [-0.4, -0.2) is 29.1 Å². The van der Waals surface area contributed by atoms with Crippen LogP contribution in [0.1, 0.15) is 25.8 Å². The predicted molar refractivity (Wildman–Crippen MR) is 67.9 cm³/mol. The second-order valence-electron chi connectivity index (χ2n) is 3.97. The third-order valence-electron chi connectivity index (χ3n) is 1.88. The minimum atomic E-state index is -0.446. The molecular formula is C12H16N4O2. The zero-order valence-electron chi connectivity index (χ0n) is 10.4. The lowest BCUT2D eigenvalue weighted by molar-refractivity contribution is -0.129. The van der Waals surface area contributed by atoms with Crippen molar-refractivity contribution in [2.24, 2.45) is 5.10 Å². The van der Waals surface area contributed by atoms with Crippen molar-refractivity contribution >= 4 is 18.0 Å². The van der Waals surface area contributed by atoms with Crippen LogP contribution < -0.4 is 10.7 Å². The molecule has 6 heteroatoms. The van der Waals surface area contributed by atoms with Crippen LogP contribution in [0.4, 0.5) is 0 Å². The van der Waals surface area contributed by atoms with Gasteiger partial charge in [-0.3, -0.25) is 14.6 Å². The number of pyridine rings is 1. The Hall–Kier alpha value is -2.24. The lowest BCUT2D eigenvalue weighted by Crippen LogP contribution is -2.34. The summed E-state index contributed by atoms with van der Waals surface area (Å²) in [5.41, 5.74) is 3.10. The van der Waals surface area contributed by atoms with Crippen molar-refractivity contribution in [2.75, 3.05) is 0 Å². The van der Waals surface area contributed by atoms with Gasteiger partial charge in [-0.15, -0.1) is 0 Å². The van der Waals surface area contributed by atoms with E-state index in [0.717, 1.165) is 5.56 Å². The predicted octanol–water partition coefficient (Wildman–Crippen LogP) is 0.446. The first-order valence-electron chi connectivity index (χ1n) is 5.59. The van der Waals surface area contributed by atoms with Crippen molar-refractivity contribution in [3.05, 3.63) is 30.1 Å². The Bertz CT molecular complexity index is 429. The molecular weight excluding hydrogens is 232 g/mol. The number of nitrogens with zero attached hydrogens (tertiary/aromatic N) is 2. The molecule has 0 spiro atoms. The maximum absolute atomic E-state index is 11.3. The fourth-order valence-electron chi connectivity index (χ4n) is 1.19. The van der Waals surface area contributed by atoms with Crippen LogP contribution in [0.25, 0.3) is 0 Å². The van der Waals surface area contributed by atoms with Gasteiger partial charge in [0.2, 0.25) is 11.8 Å². The number of hydrogen-bond acceptors (Lipinski definition) is 4. The molecule has 1 aromatic rings. The highest BCUT2D eigenvalue weighted by Gasteiger charge is 2.08. The summed E-state index contributed by atoms with van der Waals surface area (Å²) in [6.07, 6.45) is 4.50. The molecule has 0 saturated carbocycles. The van der Waals surface area contributed by atoms with E-state index in [4.69, 9.17) is 0 Å². The first kappa shape index (κ1) is 13.8. The minimum Gasteiger partial charge on any atom is -0.353 e. The van der Waals surface area contributed by atoms with Gasteiger partial charge in [0.25, 0.3) is 0 Å². The summed E-state index contributed by atoms with van der Waals surface area (Å²) in [6, 6.07) is 3.52. The summed E-state index contributed by atoms with van der Waals surface area (Å²) < 4.78 is 0. The molecule has 0 bridgehead atoms. The minimum absolute atomic E-state index is 0.0191. The molecule has 0 aliphatic carbocycles. The molecule has 0 saturated heterocycles. The van der Waals surface area contributed by atoms with E-state index in [2.05, 4.69) is 20.8 Å². The molecule has 2 amide bonds. The SMILES string of the molecule is CC(C)NC(=O)CC(=O)N/N=C\c1ccncc1. The van der Waals surface area contributed by atoms with Gasteiger partial charge in [-0.05, 0) is 31.5 Å². The van der Waals surface area contributed by atoms with Crippen molar-refractivity contribution in [3.63, 3.8) is 0 Å². The molecule has 1 heterocycles. The van der Waals surface area contributed by atoms with Gasteiger partial charge in [-0.1, -0.05) is 0 Å². The van der Waals surface area contributed by atoms with E-state index in [1.165, 1.54) is 6.21 Å². The molecule has 96 valence electrons. The molecule has 0 atom stereocenters. The van der Waals surface area contributed by atoms with Crippen LogP contribution in [-0.2, 0) is 9.59 Å². The van der Waals surface area contributed by atoms with Gasteiger partial charge >= 0.3 is 0 Å². The topological polar surface area (TPSA) is 83.5 Å². The monoisotopic (exact) mass is 248 g/mol. The maximum atomic E-state index is 11.3. The average Bonchev–Trinajstić information content (AvgIpc) is 2.29. The first-order valence-corrected chi connectivity index (χ1v) is 5.59. The van der Waals surface area contributed by atoms with Crippen LogP contribution in [0.3, 0.4) is 0 Å². The van der Waals surface area contributed by atoms with E-state index in [0.29, 0.717) is 0 Å². The quantitative estimate of drug-likeness (QED) is 0.451. The van der Waals surface area contributed by atoms with Crippen molar-refractivity contribution in [3.8, 4) is 0 Å². The number of hydrazone groups is 1. The van der Waals surface area contributed by atoms with Gasteiger partial charge in [-0.25, -0.2) is 5.43 Å². The van der Waals surface area contributed by atoms with E-state index in [1.54, 1.807) is 24.5 Å². The van der Waals surface area contributed by atoms with Crippen LogP contribution in [0, 0.1) is 0 Å². The normalized spacial score (nSPS) is 10.6. The fourth-order valence-corrected chi connectivity index (χ4v) is 1.19. The molecule has 1 rings (SSSR count). The number of carbonyl (C=O) groups excluding carboxylic acids is 2. The summed E-state index contributed by atoms with van der Waals surface area (Å²) >= 11 is 0. The lowest BCUT2D eigenvalue weighted by atomic mass is 10.3. The van der Waals surface area contributed by atoms with E-state index in [1.807, 2.05) is 13.8 Å². The van der Waals surface area contributed by atoms with Gasteiger partial charge in [0, 0.05) is 18.4 Å². The molecule has 1 aromatic heterocycles. The molecule has 0 unspecified atom stereocenters. The van der Waals surface area contributed by atoms with Gasteiger partial charge in [-0.2, -0.15) is 5.10 Å². The number of carbonyl (C=O) groups is 2. The highest BCUT2D eigenvalue weighted by molar-refractivity contribution is 5.97. The second kappa shape index (κ2) is 7.16. The van der Waals surface area contributed by atoms with E-state index in [9.17, 15) is 9.59 Å². The average molecular weight is 248 g/mol. The number of hydrogen-bond donors (Lipinski definition) is 2. The van der Waals surface area contributed by atoms with Crippen molar-refractivity contribution < 1.29 is 9.59 Å². The standard InChI is InChI=1S/C12H16N4O2/c1-9(2)15-11(17)7-12(18)16-14-8-10-3-5-13-6-4-10/h3-6,8-9H,7H2,1-2H3,(H,15,17)(H,16,18)/b14-8-. The fraction of sp³-hybridized carbons (Fsp3) is 0.333. The molecule has 0 aliphatic heterocycles. The van der Waals surface area contributed by atoms with Crippen LogP contribution >= 0.6 is 0 Å². The van der Waals surface area contributed by atoms with Crippen molar-refractivity contribution in [1.82, 2.24) is 15.7 Å². The van der Waals surface area contributed by atoms with Gasteiger partial charge in [0.05, 0.1) is 6.21 Å². The molecule has 0 fully saturated rings. The first-order chi connectivity index (χ1) is 8.58. The zero-order valence-corrected chi connectivity index (χ0v) is 10.4. The Kier molecular flexibility index (Phi) is 5.50. The summed E-state index contributed by atoms with van der Waals surface area (Å²) in [6.45, 7) is 3.66. The number of amides is 2. The van der Waals surface area contributed by atoms with E-state index in [-0.39, 0.29) is 18.4 Å². The smallest absolute Gasteiger partial charge is 0.249 e. The highest BCUT2D eigenvalue weighted by atomic mass is 16.2. The maximum Gasteiger partial charge on any atom is 0.249 e. The van der Waals surface area contributed by atoms with Crippen LogP contribution in [0.2, 0.25) is 0 Å². The number of nitrogens with one attached hydrogen (secondary N) is 2. The van der Waals surface area contributed by atoms with E-state index < -0.39 is 5.91 Å². The van der Waals surface area contributed by atoms with E-state index >= 15 is 0 Å². The summed E-state index contributed by atoms with van der Waals surface area (Å²) in [5.74, 6) is -0.764. The van der Waals surface area contributed by atoms with Gasteiger partial charge < -0.3 is 5.32 Å². The Morgan fingerprint density at radius 2 is 2.00 bits per heavy atom. The summed E-state index contributed by atoms with van der Waals surface area (Å²) in [5, 5.41) is 6.36. The summed E-state index contributed by atoms with van der Waals surface area (Å²) in [4.78, 5) is 26.4. The molecule has 0 aromatic carbocycles. The van der Waals surface area contributed by atoms with Gasteiger partial charge in [0.1, 0.15) is 6.42 Å². The number of aromatic nitrogens is 1. The third-order valence-corrected chi connectivity index (χ3v) is 1.88. The van der Waals surface area contributed by atoms with Crippen molar-refractivity contribution in [2.45, 2.75) is 26.3 Å². The Labute approximate surface area is 105 Å². The summed E-state index contributed by atoms with van der Waals surface area (Å²) in [7, 11) is 0. The van der Waals surface area contributed by atoms with Crippen LogP contribution in [0.15, 0.2) is 29.6 Å². The number of rotatable bonds is 5. The lowest BCUT2D eigenvalue weighted by Gasteiger charge is -2.06. The Balaban J connectivity index is 2.33. The molecule has 6 nitrogen and oxygen atoms in total. The Morgan fingerprint density at radius 1 is 1.33 bits per heavy atom. The second-order valence-corrected chi connectivity index (χ2v) is 3.97. The molecule has 18 heavy (non-hydrogen) atoms.